The second-order valence-corrected chi connectivity index (χ2v) is 6.51. The number of benzene rings is 1. The van der Waals surface area contributed by atoms with Gasteiger partial charge in [-0.2, -0.15) is 0 Å². The molecular formula is C19H27NO3. The van der Waals surface area contributed by atoms with Crippen molar-refractivity contribution in [2.45, 2.75) is 51.4 Å². The van der Waals surface area contributed by atoms with Gasteiger partial charge in [0.15, 0.2) is 0 Å². The summed E-state index contributed by atoms with van der Waals surface area (Å²) in [6.07, 6.45) is 7.88. The van der Waals surface area contributed by atoms with Crippen LogP contribution < -0.4 is 5.32 Å². The maximum atomic E-state index is 12.2. The molecule has 0 aliphatic heterocycles. The van der Waals surface area contributed by atoms with Gasteiger partial charge in [-0.25, -0.2) is 0 Å². The number of carbonyl (C=O) groups excluding carboxylic acids is 1. The molecule has 4 nitrogen and oxygen atoms in total. The van der Waals surface area contributed by atoms with E-state index in [1.807, 2.05) is 18.2 Å². The van der Waals surface area contributed by atoms with Crippen LogP contribution in [-0.4, -0.2) is 23.5 Å². The van der Waals surface area contributed by atoms with Crippen LogP contribution in [0.3, 0.4) is 0 Å². The Kier molecular flexibility index (Phi) is 7.11. The van der Waals surface area contributed by atoms with Gasteiger partial charge in [0.1, 0.15) is 5.92 Å². The molecule has 0 radical (unpaired) electrons. The SMILES string of the molecule is O=C(O)C(CC1CCCCC1)C(=O)NCCCc1ccccc1. The number of aryl methyl sites for hydroxylation is 1. The molecule has 4 heteroatoms. The number of hydrogen-bond acceptors (Lipinski definition) is 2. The van der Waals surface area contributed by atoms with Gasteiger partial charge in [-0.3, -0.25) is 9.59 Å². The van der Waals surface area contributed by atoms with E-state index in [0.29, 0.717) is 18.9 Å². The van der Waals surface area contributed by atoms with E-state index < -0.39 is 11.9 Å². The molecule has 126 valence electrons. The van der Waals surface area contributed by atoms with Crippen LogP contribution >= 0.6 is 0 Å². The average molecular weight is 317 g/mol. The lowest BCUT2D eigenvalue weighted by Gasteiger charge is -2.24. The fraction of sp³-hybridized carbons (Fsp3) is 0.579. The molecule has 0 aromatic heterocycles. The number of nitrogens with one attached hydrogen (secondary N) is 1. The molecule has 0 bridgehead atoms. The lowest BCUT2D eigenvalue weighted by Crippen LogP contribution is -2.37. The molecule has 1 aliphatic rings. The quantitative estimate of drug-likeness (QED) is 0.570. The third-order valence-electron chi connectivity index (χ3n) is 4.69. The van der Waals surface area contributed by atoms with Crippen molar-refractivity contribution in [1.29, 1.82) is 0 Å². The van der Waals surface area contributed by atoms with Crippen molar-refractivity contribution in [3.8, 4) is 0 Å². The summed E-state index contributed by atoms with van der Waals surface area (Å²) in [6.45, 7) is 0.530. The topological polar surface area (TPSA) is 66.4 Å². The summed E-state index contributed by atoms with van der Waals surface area (Å²) in [6, 6.07) is 10.1. The Morgan fingerprint density at radius 3 is 2.48 bits per heavy atom. The predicted octanol–water partition coefficient (Wildman–Crippen LogP) is 3.41. The van der Waals surface area contributed by atoms with E-state index >= 15 is 0 Å². The first-order chi connectivity index (χ1) is 11.2. The lowest BCUT2D eigenvalue weighted by molar-refractivity contribution is -0.147. The Morgan fingerprint density at radius 2 is 1.83 bits per heavy atom. The molecule has 1 aliphatic carbocycles. The van der Waals surface area contributed by atoms with E-state index in [2.05, 4.69) is 17.4 Å². The van der Waals surface area contributed by atoms with E-state index in [9.17, 15) is 14.7 Å². The maximum Gasteiger partial charge on any atom is 0.316 e. The largest absolute Gasteiger partial charge is 0.481 e. The molecule has 0 saturated heterocycles. The van der Waals surface area contributed by atoms with Crippen LogP contribution in [0.15, 0.2) is 30.3 Å². The van der Waals surface area contributed by atoms with Crippen molar-refractivity contribution >= 4 is 11.9 Å². The summed E-state index contributed by atoms with van der Waals surface area (Å²) in [4.78, 5) is 23.6. The Morgan fingerprint density at radius 1 is 1.13 bits per heavy atom. The van der Waals surface area contributed by atoms with Crippen molar-refractivity contribution in [1.82, 2.24) is 5.32 Å². The van der Waals surface area contributed by atoms with Gasteiger partial charge in [-0.15, -0.1) is 0 Å². The predicted molar refractivity (Wildman–Crippen MR) is 90.1 cm³/mol. The number of carbonyl (C=O) groups is 2. The van der Waals surface area contributed by atoms with E-state index in [4.69, 9.17) is 0 Å². The number of rotatable bonds is 8. The number of carboxylic acid groups (broad SMARTS) is 1. The molecule has 0 spiro atoms. The zero-order chi connectivity index (χ0) is 16.5. The highest BCUT2D eigenvalue weighted by molar-refractivity contribution is 5.96. The monoisotopic (exact) mass is 317 g/mol. The first kappa shape index (κ1) is 17.5. The first-order valence-electron chi connectivity index (χ1n) is 8.71. The van der Waals surface area contributed by atoms with Crippen LogP contribution in [-0.2, 0) is 16.0 Å². The van der Waals surface area contributed by atoms with Crippen molar-refractivity contribution in [3.63, 3.8) is 0 Å². The minimum absolute atomic E-state index is 0.323. The maximum absolute atomic E-state index is 12.2. The van der Waals surface area contributed by atoms with Gasteiger partial charge >= 0.3 is 5.97 Å². The minimum Gasteiger partial charge on any atom is -0.481 e. The van der Waals surface area contributed by atoms with E-state index in [0.717, 1.165) is 38.5 Å². The van der Waals surface area contributed by atoms with E-state index in [1.54, 1.807) is 0 Å². The molecule has 23 heavy (non-hydrogen) atoms. The van der Waals surface area contributed by atoms with E-state index in [-0.39, 0.29) is 5.91 Å². The number of amides is 1. The van der Waals surface area contributed by atoms with Crippen molar-refractivity contribution in [2.75, 3.05) is 6.54 Å². The molecule has 1 saturated carbocycles. The summed E-state index contributed by atoms with van der Waals surface area (Å²) in [7, 11) is 0. The second-order valence-electron chi connectivity index (χ2n) is 6.51. The van der Waals surface area contributed by atoms with Crippen molar-refractivity contribution in [2.24, 2.45) is 11.8 Å². The minimum atomic E-state index is -0.990. The molecule has 2 rings (SSSR count). The first-order valence-corrected chi connectivity index (χ1v) is 8.71. The number of hydrogen-bond donors (Lipinski definition) is 2. The Hall–Kier alpha value is -1.84. The molecule has 1 aromatic rings. The van der Waals surface area contributed by atoms with Gasteiger partial charge < -0.3 is 10.4 Å². The Labute approximate surface area is 138 Å². The van der Waals surface area contributed by atoms with Gasteiger partial charge in [-0.1, -0.05) is 62.4 Å². The number of aliphatic carboxylic acids is 1. The summed E-state index contributed by atoms with van der Waals surface area (Å²) in [5, 5.41) is 12.2. The third-order valence-corrected chi connectivity index (χ3v) is 4.69. The molecule has 0 heterocycles. The molecular weight excluding hydrogens is 290 g/mol. The molecule has 1 fully saturated rings. The van der Waals surface area contributed by atoms with Crippen LogP contribution in [0.5, 0.6) is 0 Å². The van der Waals surface area contributed by atoms with Gasteiger partial charge in [-0.05, 0) is 30.7 Å². The van der Waals surface area contributed by atoms with Crippen LogP contribution in [0.4, 0.5) is 0 Å². The average Bonchev–Trinajstić information content (AvgIpc) is 2.58. The normalized spacial score (nSPS) is 16.7. The van der Waals surface area contributed by atoms with Crippen LogP contribution in [0.2, 0.25) is 0 Å². The Balaban J connectivity index is 1.73. The molecule has 2 N–H and O–H groups in total. The summed E-state index contributed by atoms with van der Waals surface area (Å²) in [5.74, 6) is -1.82. The lowest BCUT2D eigenvalue weighted by atomic mass is 9.82. The number of carboxylic acids is 1. The molecule has 1 atom stereocenters. The molecule has 1 amide bonds. The standard InChI is InChI=1S/C19H27NO3/c21-18(20-13-7-12-15-8-3-1-4-9-15)17(19(22)23)14-16-10-5-2-6-11-16/h1,3-4,8-9,16-17H,2,5-7,10-14H2,(H,20,21)(H,22,23). The highest BCUT2D eigenvalue weighted by atomic mass is 16.4. The smallest absolute Gasteiger partial charge is 0.316 e. The fourth-order valence-corrected chi connectivity index (χ4v) is 3.35. The van der Waals surface area contributed by atoms with E-state index in [1.165, 1.54) is 12.0 Å². The highest BCUT2D eigenvalue weighted by Gasteiger charge is 2.29. The fourth-order valence-electron chi connectivity index (χ4n) is 3.35. The second kappa shape index (κ2) is 9.33. The summed E-state index contributed by atoms with van der Waals surface area (Å²) >= 11 is 0. The summed E-state index contributed by atoms with van der Waals surface area (Å²) in [5.41, 5.74) is 1.23. The van der Waals surface area contributed by atoms with Crippen molar-refractivity contribution < 1.29 is 14.7 Å². The highest BCUT2D eigenvalue weighted by Crippen LogP contribution is 2.29. The van der Waals surface area contributed by atoms with Gasteiger partial charge in [0.05, 0.1) is 0 Å². The zero-order valence-corrected chi connectivity index (χ0v) is 13.7. The molecule has 1 aromatic carbocycles. The van der Waals surface area contributed by atoms with Crippen molar-refractivity contribution in [3.05, 3.63) is 35.9 Å². The van der Waals surface area contributed by atoms with Gasteiger partial charge in [0.25, 0.3) is 0 Å². The van der Waals surface area contributed by atoms with Gasteiger partial charge in [0, 0.05) is 6.54 Å². The van der Waals surface area contributed by atoms with Gasteiger partial charge in [0.2, 0.25) is 5.91 Å². The molecule has 1 unspecified atom stereocenters. The third kappa shape index (κ3) is 6.05. The van der Waals surface area contributed by atoms with Crippen LogP contribution in [0.25, 0.3) is 0 Å². The summed E-state index contributed by atoms with van der Waals surface area (Å²) < 4.78 is 0. The zero-order valence-electron chi connectivity index (χ0n) is 13.7. The van der Waals surface area contributed by atoms with Crippen LogP contribution in [0.1, 0.15) is 50.5 Å². The van der Waals surface area contributed by atoms with Crippen LogP contribution in [0, 0.1) is 11.8 Å². The Bertz CT molecular complexity index is 495.